The van der Waals surface area contributed by atoms with E-state index in [2.05, 4.69) is 0 Å². The van der Waals surface area contributed by atoms with Crippen LogP contribution in [0.15, 0.2) is 22.8 Å². The van der Waals surface area contributed by atoms with Crippen LogP contribution in [-0.4, -0.2) is 31.1 Å². The van der Waals surface area contributed by atoms with Crippen molar-refractivity contribution in [3.05, 3.63) is 24.2 Å². The quantitative estimate of drug-likeness (QED) is 0.761. The van der Waals surface area contributed by atoms with Crippen molar-refractivity contribution < 1.29 is 13.9 Å². The molecule has 1 heterocycles. The summed E-state index contributed by atoms with van der Waals surface area (Å²) in [7, 11) is 1.66. The first-order valence-electron chi connectivity index (χ1n) is 7.08. The number of nitrogens with zero attached hydrogens (tertiary/aromatic N) is 1. The molecule has 1 amide bonds. The molecule has 19 heavy (non-hydrogen) atoms. The van der Waals surface area contributed by atoms with Crippen molar-refractivity contribution in [2.45, 2.75) is 38.6 Å². The Morgan fingerprint density at radius 3 is 2.89 bits per heavy atom. The maximum Gasteiger partial charge on any atom is 0.223 e. The fourth-order valence-electron chi connectivity index (χ4n) is 2.67. The Labute approximate surface area is 114 Å². The van der Waals surface area contributed by atoms with E-state index in [0.29, 0.717) is 32.0 Å². The molecule has 0 bridgehead atoms. The maximum absolute atomic E-state index is 12.4. The van der Waals surface area contributed by atoms with Gasteiger partial charge in [-0.3, -0.25) is 4.79 Å². The lowest BCUT2D eigenvalue weighted by molar-refractivity contribution is -0.133. The van der Waals surface area contributed by atoms with Crippen LogP contribution in [0, 0.1) is 5.92 Å². The molecule has 106 valence electrons. The van der Waals surface area contributed by atoms with Crippen molar-refractivity contribution in [1.29, 1.82) is 0 Å². The highest BCUT2D eigenvalue weighted by atomic mass is 16.5. The standard InChI is InChI=1S/C15H23NO3/c1-18-10-8-16(12-14-7-4-9-19-14)15(17)11-13-5-2-3-6-13/h4,7,9,13H,2-3,5-6,8,10-12H2,1H3. The van der Waals surface area contributed by atoms with Crippen molar-refractivity contribution in [1.82, 2.24) is 4.90 Å². The van der Waals surface area contributed by atoms with E-state index in [1.54, 1.807) is 13.4 Å². The highest BCUT2D eigenvalue weighted by molar-refractivity contribution is 5.76. The van der Waals surface area contributed by atoms with E-state index >= 15 is 0 Å². The van der Waals surface area contributed by atoms with Gasteiger partial charge in [-0.15, -0.1) is 0 Å². The topological polar surface area (TPSA) is 42.7 Å². The van der Waals surface area contributed by atoms with Crippen molar-refractivity contribution in [2.75, 3.05) is 20.3 Å². The number of amides is 1. The summed E-state index contributed by atoms with van der Waals surface area (Å²) in [6, 6.07) is 3.76. The Morgan fingerprint density at radius 1 is 1.47 bits per heavy atom. The highest BCUT2D eigenvalue weighted by Crippen LogP contribution is 2.28. The molecule has 4 nitrogen and oxygen atoms in total. The van der Waals surface area contributed by atoms with Gasteiger partial charge in [0, 0.05) is 20.1 Å². The van der Waals surface area contributed by atoms with Gasteiger partial charge in [0.15, 0.2) is 0 Å². The zero-order valence-corrected chi connectivity index (χ0v) is 11.6. The van der Waals surface area contributed by atoms with Gasteiger partial charge in [-0.25, -0.2) is 0 Å². The van der Waals surface area contributed by atoms with E-state index < -0.39 is 0 Å². The third kappa shape index (κ3) is 4.39. The maximum atomic E-state index is 12.4. The van der Waals surface area contributed by atoms with Gasteiger partial charge in [-0.2, -0.15) is 0 Å². The first-order chi connectivity index (χ1) is 9.29. The normalized spacial score (nSPS) is 15.8. The minimum absolute atomic E-state index is 0.223. The van der Waals surface area contributed by atoms with Crippen molar-refractivity contribution in [3.8, 4) is 0 Å². The predicted molar refractivity (Wildman–Crippen MR) is 72.6 cm³/mol. The van der Waals surface area contributed by atoms with Crippen LogP contribution in [0.1, 0.15) is 37.9 Å². The van der Waals surface area contributed by atoms with Crippen LogP contribution < -0.4 is 0 Å². The van der Waals surface area contributed by atoms with Crippen molar-refractivity contribution in [2.24, 2.45) is 5.92 Å². The molecule has 0 atom stereocenters. The molecular formula is C15H23NO3. The summed E-state index contributed by atoms with van der Waals surface area (Å²) >= 11 is 0. The van der Waals surface area contributed by atoms with Crippen molar-refractivity contribution in [3.63, 3.8) is 0 Å². The van der Waals surface area contributed by atoms with Crippen molar-refractivity contribution >= 4 is 5.91 Å². The second-order valence-electron chi connectivity index (χ2n) is 5.24. The van der Waals surface area contributed by atoms with Crippen LogP contribution in [0.25, 0.3) is 0 Å². The lowest BCUT2D eigenvalue weighted by Gasteiger charge is -2.23. The first kappa shape index (κ1) is 14.1. The Kier molecular flexibility index (Phi) is 5.45. The molecule has 1 saturated carbocycles. The molecule has 2 rings (SSSR count). The molecule has 0 radical (unpaired) electrons. The molecule has 0 aromatic carbocycles. The van der Waals surface area contributed by atoms with Gasteiger partial charge in [-0.1, -0.05) is 12.8 Å². The number of carbonyl (C=O) groups excluding carboxylic acids is 1. The van der Waals surface area contributed by atoms with E-state index in [4.69, 9.17) is 9.15 Å². The van der Waals surface area contributed by atoms with Gasteiger partial charge < -0.3 is 14.1 Å². The monoisotopic (exact) mass is 265 g/mol. The van der Waals surface area contributed by atoms with E-state index in [1.807, 2.05) is 17.0 Å². The number of hydrogen-bond donors (Lipinski definition) is 0. The van der Waals surface area contributed by atoms with E-state index in [9.17, 15) is 4.79 Å². The predicted octanol–water partition coefficient (Wildman–Crippen LogP) is 2.83. The number of ether oxygens (including phenoxy) is 1. The molecule has 0 saturated heterocycles. The van der Waals surface area contributed by atoms with Gasteiger partial charge in [-0.05, 0) is 30.9 Å². The van der Waals surface area contributed by atoms with Gasteiger partial charge in [0.25, 0.3) is 0 Å². The number of methoxy groups -OCH3 is 1. The zero-order chi connectivity index (χ0) is 13.5. The minimum atomic E-state index is 0.223. The molecule has 0 N–H and O–H groups in total. The Bertz CT molecular complexity index is 369. The molecule has 4 heteroatoms. The molecule has 1 fully saturated rings. The van der Waals surface area contributed by atoms with Crippen LogP contribution in [-0.2, 0) is 16.1 Å². The summed E-state index contributed by atoms with van der Waals surface area (Å²) in [5.74, 6) is 1.63. The summed E-state index contributed by atoms with van der Waals surface area (Å²) in [5.41, 5.74) is 0. The molecule has 0 aliphatic heterocycles. The fourth-order valence-corrected chi connectivity index (χ4v) is 2.67. The summed E-state index contributed by atoms with van der Waals surface area (Å²) in [6.07, 6.45) is 7.26. The van der Waals surface area contributed by atoms with Crippen LogP contribution >= 0.6 is 0 Å². The zero-order valence-electron chi connectivity index (χ0n) is 11.6. The molecular weight excluding hydrogens is 242 g/mol. The molecule has 1 aliphatic rings. The van der Waals surface area contributed by atoms with Gasteiger partial charge in [0.2, 0.25) is 5.91 Å². The van der Waals surface area contributed by atoms with E-state index in [1.165, 1.54) is 25.7 Å². The SMILES string of the molecule is COCCN(Cc1ccco1)C(=O)CC1CCCC1. The largest absolute Gasteiger partial charge is 0.467 e. The minimum Gasteiger partial charge on any atom is -0.467 e. The van der Waals surface area contributed by atoms with Gasteiger partial charge in [0.1, 0.15) is 5.76 Å². The molecule has 1 aromatic rings. The van der Waals surface area contributed by atoms with Gasteiger partial charge in [0.05, 0.1) is 19.4 Å². The average molecular weight is 265 g/mol. The summed E-state index contributed by atoms with van der Waals surface area (Å²) < 4.78 is 10.4. The Balaban J connectivity index is 1.89. The Hall–Kier alpha value is -1.29. The fraction of sp³-hybridized carbons (Fsp3) is 0.667. The third-order valence-corrected chi connectivity index (χ3v) is 3.78. The second kappa shape index (κ2) is 7.34. The van der Waals surface area contributed by atoms with Crippen LogP contribution in [0.5, 0.6) is 0 Å². The van der Waals surface area contributed by atoms with Gasteiger partial charge >= 0.3 is 0 Å². The Morgan fingerprint density at radius 2 is 2.26 bits per heavy atom. The summed E-state index contributed by atoms with van der Waals surface area (Å²) in [5, 5.41) is 0. The second-order valence-corrected chi connectivity index (χ2v) is 5.24. The molecule has 0 unspecified atom stereocenters. The lowest BCUT2D eigenvalue weighted by atomic mass is 10.0. The molecule has 1 aromatic heterocycles. The summed E-state index contributed by atoms with van der Waals surface area (Å²) in [6.45, 7) is 1.74. The lowest BCUT2D eigenvalue weighted by Crippen LogP contribution is -2.34. The summed E-state index contributed by atoms with van der Waals surface area (Å²) in [4.78, 5) is 14.2. The highest BCUT2D eigenvalue weighted by Gasteiger charge is 2.22. The number of hydrogen-bond acceptors (Lipinski definition) is 3. The van der Waals surface area contributed by atoms with E-state index in [0.717, 1.165) is 5.76 Å². The smallest absolute Gasteiger partial charge is 0.223 e. The van der Waals surface area contributed by atoms with Crippen LogP contribution in [0.4, 0.5) is 0 Å². The number of furan rings is 1. The average Bonchev–Trinajstić information content (AvgIpc) is 3.07. The molecule has 1 aliphatic carbocycles. The van der Waals surface area contributed by atoms with E-state index in [-0.39, 0.29) is 5.91 Å². The first-order valence-corrected chi connectivity index (χ1v) is 7.08. The molecule has 0 spiro atoms. The third-order valence-electron chi connectivity index (χ3n) is 3.78. The number of carbonyl (C=O) groups is 1. The number of rotatable bonds is 7. The van der Waals surface area contributed by atoms with Crippen LogP contribution in [0.2, 0.25) is 0 Å². The van der Waals surface area contributed by atoms with Crippen LogP contribution in [0.3, 0.4) is 0 Å².